The standard InChI is InChI=1S/C8H19O4P.C6H13NO4/c1-3-5-7-11-13(9,10)12-8-6-4-2;8-3-1-7(2-4-9)5-6(10)11/h3-8H2,1-2H3,(H,9,10);8-9H,1-5H2,(H,10,11). The van der Waals surface area contributed by atoms with Gasteiger partial charge in [0.1, 0.15) is 13.1 Å². The zero-order valence-corrected chi connectivity index (χ0v) is 15.5. The van der Waals surface area contributed by atoms with Crippen LogP contribution in [0.5, 0.6) is 0 Å². The van der Waals surface area contributed by atoms with Crippen LogP contribution in [0.4, 0.5) is 0 Å². The van der Waals surface area contributed by atoms with Gasteiger partial charge >= 0.3 is 5.97 Å². The number of quaternary nitrogens is 1. The van der Waals surface area contributed by atoms with E-state index in [1.165, 1.54) is 0 Å². The first-order chi connectivity index (χ1) is 11.3. The Morgan fingerprint density at radius 2 is 1.46 bits per heavy atom. The Kier molecular flexibility index (Phi) is 18.5. The first-order valence-corrected chi connectivity index (χ1v) is 9.66. The average molecular weight is 373 g/mol. The molecule has 0 atom stereocenters. The Morgan fingerprint density at radius 1 is 1.04 bits per heavy atom. The molecule has 24 heavy (non-hydrogen) atoms. The Hall–Kier alpha value is -0.540. The number of aliphatic hydroxyl groups excluding tert-OH is 2. The molecule has 4 N–H and O–H groups in total. The van der Waals surface area contributed by atoms with Gasteiger partial charge in [0.15, 0.2) is 6.54 Å². The highest BCUT2D eigenvalue weighted by atomic mass is 31.2. The van der Waals surface area contributed by atoms with Gasteiger partial charge in [-0.3, -0.25) is 4.57 Å². The first kappa shape index (κ1) is 25.7. The zero-order chi connectivity index (χ0) is 18.8. The quantitative estimate of drug-likeness (QED) is 0.225. The van der Waals surface area contributed by atoms with Crippen molar-refractivity contribution in [1.82, 2.24) is 0 Å². The summed E-state index contributed by atoms with van der Waals surface area (Å²) < 4.78 is 20.2. The molecule has 0 aliphatic carbocycles. The molecule has 0 aromatic carbocycles. The number of phosphoric ester groups is 1. The molecule has 0 saturated carbocycles. The van der Waals surface area contributed by atoms with E-state index in [1.54, 1.807) is 0 Å². The summed E-state index contributed by atoms with van der Waals surface area (Å²) in [4.78, 5) is 21.8. The molecule has 0 aromatic heterocycles. The lowest BCUT2D eigenvalue weighted by molar-refractivity contribution is -0.893. The Balaban J connectivity index is 0. The summed E-state index contributed by atoms with van der Waals surface area (Å²) in [5, 5.41) is 25.3. The predicted molar refractivity (Wildman–Crippen MR) is 86.7 cm³/mol. The van der Waals surface area contributed by atoms with Crippen molar-refractivity contribution in [3.63, 3.8) is 0 Å². The molecule has 0 aromatic rings. The number of phosphoric acid groups is 1. The van der Waals surface area contributed by atoms with Crippen LogP contribution in [0.15, 0.2) is 0 Å². The van der Waals surface area contributed by atoms with Crippen molar-refractivity contribution in [3.8, 4) is 0 Å². The summed E-state index contributed by atoms with van der Waals surface area (Å²) in [6.45, 7) is 4.97. The molecule has 0 saturated heterocycles. The Morgan fingerprint density at radius 3 is 1.75 bits per heavy atom. The molecule has 0 radical (unpaired) electrons. The second kappa shape index (κ2) is 17.3. The highest BCUT2D eigenvalue weighted by Crippen LogP contribution is 2.38. The third-order valence-electron chi connectivity index (χ3n) is 2.83. The molecule has 0 bridgehead atoms. The predicted octanol–water partition coefficient (Wildman–Crippen LogP) is -0.971. The van der Waals surface area contributed by atoms with E-state index >= 15 is 0 Å². The largest absolute Gasteiger partial charge is 0.756 e. The smallest absolute Gasteiger partial charge is 0.359 e. The molecule has 0 rings (SSSR count). The van der Waals surface area contributed by atoms with Crippen LogP contribution in [-0.2, 0) is 18.4 Å². The summed E-state index contributed by atoms with van der Waals surface area (Å²) in [5.74, 6) is -0.915. The fraction of sp³-hybridized carbons (Fsp3) is 0.929. The van der Waals surface area contributed by atoms with Gasteiger partial charge in [-0.1, -0.05) is 26.7 Å². The SMILES string of the molecule is CCCCOP(=O)([O-])OCCCC.O=C(O)C[NH+](CCO)CCO. The van der Waals surface area contributed by atoms with Gasteiger partial charge in [0.25, 0.3) is 7.82 Å². The van der Waals surface area contributed by atoms with Crippen LogP contribution in [0, 0.1) is 0 Å². The maximum absolute atomic E-state index is 11.0. The molecule has 0 spiro atoms. The summed E-state index contributed by atoms with van der Waals surface area (Å²) in [5.41, 5.74) is 0. The van der Waals surface area contributed by atoms with E-state index in [2.05, 4.69) is 9.05 Å². The number of unbranched alkanes of at least 4 members (excludes halogenated alkanes) is 2. The highest BCUT2D eigenvalue weighted by molar-refractivity contribution is 7.45. The first-order valence-electron chi connectivity index (χ1n) is 8.20. The lowest BCUT2D eigenvalue weighted by Crippen LogP contribution is -3.13. The fourth-order valence-corrected chi connectivity index (χ4v) is 2.29. The van der Waals surface area contributed by atoms with E-state index in [1.807, 2.05) is 13.8 Å². The van der Waals surface area contributed by atoms with Crippen molar-refractivity contribution in [2.45, 2.75) is 39.5 Å². The van der Waals surface area contributed by atoms with Crippen molar-refractivity contribution in [3.05, 3.63) is 0 Å². The van der Waals surface area contributed by atoms with Crippen LogP contribution in [0.1, 0.15) is 39.5 Å². The number of nitrogens with one attached hydrogen (secondary N) is 1. The minimum absolute atomic E-state index is 0.0530. The van der Waals surface area contributed by atoms with Crippen LogP contribution in [-0.4, -0.2) is 67.4 Å². The van der Waals surface area contributed by atoms with Gasteiger partial charge in [-0.05, 0) is 12.8 Å². The van der Waals surface area contributed by atoms with Crippen LogP contribution in [0.25, 0.3) is 0 Å². The molecular weight excluding hydrogens is 341 g/mol. The lowest BCUT2D eigenvalue weighted by Gasteiger charge is -2.22. The molecule has 0 aliphatic heterocycles. The Bertz CT molecular complexity index is 323. The highest BCUT2D eigenvalue weighted by Gasteiger charge is 2.10. The maximum Gasteiger partial charge on any atom is 0.359 e. The minimum Gasteiger partial charge on any atom is -0.756 e. The van der Waals surface area contributed by atoms with Gasteiger partial charge in [-0.25, -0.2) is 4.79 Å². The van der Waals surface area contributed by atoms with E-state index < -0.39 is 13.8 Å². The number of hydrogen-bond donors (Lipinski definition) is 4. The van der Waals surface area contributed by atoms with Gasteiger partial charge in [0.05, 0.1) is 26.4 Å². The van der Waals surface area contributed by atoms with Crippen molar-refractivity contribution < 1.29 is 43.5 Å². The van der Waals surface area contributed by atoms with Crippen molar-refractivity contribution in [1.29, 1.82) is 0 Å². The molecular formula is C14H32NO8P. The second-order valence-electron chi connectivity index (χ2n) is 5.09. The lowest BCUT2D eigenvalue weighted by atomic mass is 10.4. The minimum atomic E-state index is -4.00. The molecule has 0 heterocycles. The molecule has 146 valence electrons. The number of carbonyl (C=O) groups is 1. The summed E-state index contributed by atoms with van der Waals surface area (Å²) in [7, 11) is -4.00. The van der Waals surface area contributed by atoms with Crippen LogP contribution < -0.4 is 9.79 Å². The summed E-state index contributed by atoms with van der Waals surface area (Å²) in [6.07, 6.45) is 3.30. The molecule has 0 fully saturated rings. The van der Waals surface area contributed by atoms with Crippen LogP contribution in [0.2, 0.25) is 0 Å². The van der Waals surface area contributed by atoms with Gasteiger partial charge in [0.2, 0.25) is 0 Å². The second-order valence-corrected chi connectivity index (χ2v) is 6.50. The molecule has 0 amide bonds. The zero-order valence-electron chi connectivity index (χ0n) is 14.6. The number of carboxylic acid groups (broad SMARTS) is 1. The number of aliphatic carboxylic acids is 1. The summed E-state index contributed by atoms with van der Waals surface area (Å²) >= 11 is 0. The van der Waals surface area contributed by atoms with E-state index in [9.17, 15) is 14.3 Å². The van der Waals surface area contributed by atoms with Crippen molar-refractivity contribution in [2.24, 2.45) is 0 Å². The van der Waals surface area contributed by atoms with Gasteiger partial charge in [-0.15, -0.1) is 0 Å². The van der Waals surface area contributed by atoms with E-state index in [4.69, 9.17) is 15.3 Å². The monoisotopic (exact) mass is 373 g/mol. The molecule has 9 nitrogen and oxygen atoms in total. The van der Waals surface area contributed by atoms with Crippen molar-refractivity contribution >= 4 is 13.8 Å². The topological polar surface area (TPSA) is 141 Å². The molecule has 0 aliphatic rings. The maximum atomic E-state index is 11.0. The number of aliphatic hydroxyl groups is 2. The van der Waals surface area contributed by atoms with E-state index in [0.29, 0.717) is 18.0 Å². The van der Waals surface area contributed by atoms with Crippen molar-refractivity contribution in [2.75, 3.05) is 46.1 Å². The number of rotatable bonds is 14. The summed E-state index contributed by atoms with van der Waals surface area (Å²) in [6, 6.07) is 0. The van der Waals surface area contributed by atoms with Crippen LogP contribution in [0.3, 0.4) is 0 Å². The average Bonchev–Trinajstić information content (AvgIpc) is 2.48. The third kappa shape index (κ3) is 19.5. The number of hydrogen-bond acceptors (Lipinski definition) is 7. The molecule has 0 unspecified atom stereocenters. The van der Waals surface area contributed by atoms with E-state index in [0.717, 1.165) is 25.7 Å². The van der Waals surface area contributed by atoms with Gasteiger partial charge in [-0.2, -0.15) is 0 Å². The normalized spacial score (nSPS) is 11.2. The Labute approximate surface area is 143 Å². The third-order valence-corrected chi connectivity index (χ3v) is 3.82. The van der Waals surface area contributed by atoms with Gasteiger partial charge in [0, 0.05) is 0 Å². The fourth-order valence-electron chi connectivity index (χ4n) is 1.51. The number of carboxylic acids is 1. The van der Waals surface area contributed by atoms with E-state index in [-0.39, 0.29) is 33.0 Å². The molecule has 10 heteroatoms. The van der Waals surface area contributed by atoms with Crippen LogP contribution >= 0.6 is 7.82 Å². The van der Waals surface area contributed by atoms with Gasteiger partial charge < -0.3 is 34.2 Å².